The molecule has 5 heterocycles. The van der Waals surface area contributed by atoms with Crippen molar-refractivity contribution in [3.63, 3.8) is 0 Å². The van der Waals surface area contributed by atoms with Crippen LogP contribution in [0, 0.1) is 6.92 Å². The molecule has 0 amide bonds. The van der Waals surface area contributed by atoms with Crippen molar-refractivity contribution in [2.45, 2.75) is 40.2 Å². The number of anilines is 4. The molecule has 4 aromatic heterocycles. The zero-order valence-corrected chi connectivity index (χ0v) is 21.9. The first-order valence-electron chi connectivity index (χ1n) is 12.3. The lowest BCUT2D eigenvalue weighted by molar-refractivity contribution is 0.0531. The lowest BCUT2D eigenvalue weighted by atomic mass is 10.2. The minimum Gasteiger partial charge on any atom is -0.462 e. The van der Waals surface area contributed by atoms with Gasteiger partial charge in [-0.15, -0.1) is 0 Å². The fourth-order valence-electron chi connectivity index (χ4n) is 4.30. The normalized spacial score (nSPS) is 12.5. The van der Waals surface area contributed by atoms with E-state index < -0.39 is 0 Å². The third-order valence-corrected chi connectivity index (χ3v) is 6.97. The highest BCUT2D eigenvalue weighted by Gasteiger charge is 2.29. The third kappa shape index (κ3) is 5.24. The molecule has 0 unspecified atom stereocenters. The highest BCUT2D eigenvalue weighted by atomic mass is 32.1. The molecule has 1 N–H and O–H groups in total. The summed E-state index contributed by atoms with van der Waals surface area (Å²) in [6.07, 6.45) is 10.8. The zero-order valence-electron chi connectivity index (χ0n) is 21.1. The molecule has 37 heavy (non-hydrogen) atoms. The summed E-state index contributed by atoms with van der Waals surface area (Å²) >= 11 is 1.23. The number of thiazole rings is 1. The van der Waals surface area contributed by atoms with Crippen molar-refractivity contribution in [1.82, 2.24) is 29.6 Å². The lowest BCUT2D eigenvalue weighted by Gasteiger charge is -2.26. The quantitative estimate of drug-likeness (QED) is 0.308. The summed E-state index contributed by atoms with van der Waals surface area (Å²) in [6.45, 7) is 8.29. The minimum absolute atomic E-state index is 0.310. The van der Waals surface area contributed by atoms with Crippen molar-refractivity contribution in [3.05, 3.63) is 64.9 Å². The van der Waals surface area contributed by atoms with Gasteiger partial charge in [-0.1, -0.05) is 24.3 Å². The van der Waals surface area contributed by atoms with Gasteiger partial charge in [0.15, 0.2) is 10.9 Å². The van der Waals surface area contributed by atoms with E-state index in [4.69, 9.17) is 14.7 Å². The van der Waals surface area contributed by atoms with Gasteiger partial charge in [0.1, 0.15) is 17.0 Å². The molecule has 0 radical (unpaired) electrons. The number of imidazole rings is 1. The second kappa shape index (κ2) is 10.9. The number of hydrogen-bond acceptors (Lipinski definition) is 11. The predicted octanol–water partition coefficient (Wildman–Crippen LogP) is 4.00. The topological polar surface area (TPSA) is 114 Å². The van der Waals surface area contributed by atoms with E-state index in [2.05, 4.69) is 43.2 Å². The summed E-state index contributed by atoms with van der Waals surface area (Å²) in [4.78, 5) is 37.9. The fraction of sp³-hybridized carbons (Fsp3) is 0.360. The second-order valence-electron chi connectivity index (χ2n) is 8.55. The largest absolute Gasteiger partial charge is 0.462 e. The van der Waals surface area contributed by atoms with Gasteiger partial charge in [-0.2, -0.15) is 9.97 Å². The zero-order chi connectivity index (χ0) is 25.8. The molecule has 0 aromatic carbocycles. The van der Waals surface area contributed by atoms with Gasteiger partial charge in [0.25, 0.3) is 0 Å². The summed E-state index contributed by atoms with van der Waals surface area (Å²) in [7, 11) is 0. The molecular formula is C25H29N9O2S. The van der Waals surface area contributed by atoms with Crippen molar-refractivity contribution in [2.75, 3.05) is 34.9 Å². The van der Waals surface area contributed by atoms with E-state index in [0.29, 0.717) is 34.8 Å². The van der Waals surface area contributed by atoms with Gasteiger partial charge in [0.2, 0.25) is 5.95 Å². The van der Waals surface area contributed by atoms with Crippen LogP contribution in [0.1, 0.15) is 46.8 Å². The van der Waals surface area contributed by atoms with E-state index in [0.717, 1.165) is 48.7 Å². The van der Waals surface area contributed by atoms with Crippen molar-refractivity contribution in [3.8, 4) is 0 Å². The molecule has 0 spiro atoms. The Kier molecular flexibility index (Phi) is 7.26. The summed E-state index contributed by atoms with van der Waals surface area (Å²) in [5, 5.41) is 5.90. The molecule has 11 nitrogen and oxygen atoms in total. The van der Waals surface area contributed by atoms with Crippen LogP contribution >= 0.6 is 11.3 Å². The number of hydrogen-bond donors (Lipinski definition) is 1. The van der Waals surface area contributed by atoms with Crippen LogP contribution in [-0.2, 0) is 17.7 Å². The Morgan fingerprint density at radius 2 is 2.11 bits per heavy atom. The van der Waals surface area contributed by atoms with Gasteiger partial charge in [-0.25, -0.2) is 19.4 Å². The fourth-order valence-corrected chi connectivity index (χ4v) is 5.16. The molecule has 4 aromatic rings. The average Bonchev–Trinajstić information content (AvgIpc) is 3.64. The number of esters is 1. The summed E-state index contributed by atoms with van der Waals surface area (Å²) in [5.74, 6) is 1.73. The maximum atomic E-state index is 12.3. The van der Waals surface area contributed by atoms with Gasteiger partial charge < -0.3 is 9.64 Å². The first-order valence-corrected chi connectivity index (χ1v) is 13.1. The monoisotopic (exact) mass is 519 g/mol. The number of carbonyl (C=O) groups excluding carboxylic acids is 1. The van der Waals surface area contributed by atoms with E-state index >= 15 is 0 Å². The summed E-state index contributed by atoms with van der Waals surface area (Å²) in [6, 6.07) is 4.01. The Hall–Kier alpha value is -4.06. The molecule has 0 saturated carbocycles. The molecule has 12 heteroatoms. The molecule has 5 rings (SSSR count). The average molecular weight is 520 g/mol. The van der Waals surface area contributed by atoms with Gasteiger partial charge in [0, 0.05) is 50.0 Å². The molecule has 0 aliphatic carbocycles. The molecule has 1 aliphatic heterocycles. The van der Waals surface area contributed by atoms with Gasteiger partial charge in [0.05, 0.1) is 12.3 Å². The number of ether oxygens (including phenoxy) is 1. The van der Waals surface area contributed by atoms with Crippen molar-refractivity contribution in [1.29, 1.82) is 0 Å². The van der Waals surface area contributed by atoms with Crippen LogP contribution < -0.4 is 15.2 Å². The predicted molar refractivity (Wildman–Crippen MR) is 142 cm³/mol. The number of aromatic nitrogens is 6. The summed E-state index contributed by atoms with van der Waals surface area (Å²) in [5.41, 5.74) is 2.80. The smallest absolute Gasteiger partial charge is 0.350 e. The van der Waals surface area contributed by atoms with Crippen molar-refractivity contribution >= 4 is 40.0 Å². The second-order valence-corrected chi connectivity index (χ2v) is 9.55. The van der Waals surface area contributed by atoms with Crippen LogP contribution in [0.3, 0.4) is 0 Å². The lowest BCUT2D eigenvalue weighted by Crippen LogP contribution is -2.31. The van der Waals surface area contributed by atoms with Crippen LogP contribution in [0.15, 0.2) is 43.2 Å². The molecule has 1 aliphatic rings. The van der Waals surface area contributed by atoms with Crippen molar-refractivity contribution < 1.29 is 9.53 Å². The standard InChI is InChI=1S/C25H29N9O2S/c1-4-11-34(33-13-10-27-16-33)22-19-8-12-32(15-18-7-6-9-26-14-18)21(19)29-24(30-22)31-25-28-17(3)20(37-25)23(35)36-5-2/h6-7,9-10,13-14,16H,4-5,8,11-12,15H2,1-3H3,(H,28,29,30,31). The van der Waals surface area contributed by atoms with Crippen LogP contribution in [-0.4, -0.2) is 55.3 Å². The molecule has 192 valence electrons. The van der Waals surface area contributed by atoms with Crippen LogP contribution in [0.4, 0.5) is 22.7 Å². The number of carbonyl (C=O) groups is 1. The first-order chi connectivity index (χ1) is 18.1. The number of rotatable bonds is 10. The molecular weight excluding hydrogens is 490 g/mol. The van der Waals surface area contributed by atoms with Crippen LogP contribution in [0.5, 0.6) is 0 Å². The van der Waals surface area contributed by atoms with E-state index in [9.17, 15) is 4.79 Å². The van der Waals surface area contributed by atoms with E-state index in [1.54, 1.807) is 32.6 Å². The number of nitrogens with zero attached hydrogens (tertiary/aromatic N) is 8. The van der Waals surface area contributed by atoms with Gasteiger partial charge in [-0.05, 0) is 38.3 Å². The highest BCUT2D eigenvalue weighted by Crippen LogP contribution is 2.36. The molecule has 0 saturated heterocycles. The van der Waals surface area contributed by atoms with E-state index in [-0.39, 0.29) is 5.97 Å². The Labute approximate surface area is 219 Å². The SMILES string of the molecule is CCCN(c1nc(Nc2nc(C)c(C(=O)OCC)s2)nc2c1CCN2Cc1cccnc1)n1ccnc1. The van der Waals surface area contributed by atoms with Gasteiger partial charge in [-0.3, -0.25) is 15.3 Å². The van der Waals surface area contributed by atoms with Gasteiger partial charge >= 0.3 is 5.97 Å². The Bertz CT molecular complexity index is 1360. The number of aryl methyl sites for hydroxylation is 1. The highest BCUT2D eigenvalue weighted by molar-refractivity contribution is 7.17. The van der Waals surface area contributed by atoms with Crippen molar-refractivity contribution in [2.24, 2.45) is 0 Å². The first kappa shape index (κ1) is 24.6. The third-order valence-electron chi connectivity index (χ3n) is 5.92. The minimum atomic E-state index is -0.377. The Morgan fingerprint density at radius 3 is 2.84 bits per heavy atom. The number of pyridine rings is 1. The Morgan fingerprint density at radius 1 is 1.22 bits per heavy atom. The van der Waals surface area contributed by atoms with E-state index in [1.807, 2.05) is 23.1 Å². The number of fused-ring (bicyclic) bond motifs is 1. The summed E-state index contributed by atoms with van der Waals surface area (Å²) < 4.78 is 7.12. The van der Waals surface area contributed by atoms with Crippen LogP contribution in [0.2, 0.25) is 0 Å². The van der Waals surface area contributed by atoms with Crippen LogP contribution in [0.25, 0.3) is 0 Å². The maximum Gasteiger partial charge on any atom is 0.350 e. The molecule has 0 bridgehead atoms. The maximum absolute atomic E-state index is 12.3. The molecule has 0 atom stereocenters. The number of nitrogens with one attached hydrogen (secondary N) is 1. The molecule has 0 fully saturated rings. The Balaban J connectivity index is 1.54. The van der Waals surface area contributed by atoms with E-state index in [1.165, 1.54) is 11.3 Å².